The standard InChI is InChI=1S/C18H14BrF2NO3/c1-10-2-4-12(9-13(10)19)22-16(23)17(6-7-17)11-3-5-14-15(8-11)25-18(20,21)24-14/h2-5,8-9H,6-7H2,1H3,(H,22,23). The Kier molecular flexibility index (Phi) is 3.54. The Hall–Kier alpha value is -2.15. The predicted octanol–water partition coefficient (Wildman–Crippen LogP) is 4.75. The minimum atomic E-state index is -3.66. The second-order valence-corrected chi connectivity index (χ2v) is 7.18. The molecule has 0 saturated heterocycles. The molecule has 1 heterocycles. The lowest BCUT2D eigenvalue weighted by molar-refractivity contribution is -0.286. The van der Waals surface area contributed by atoms with Gasteiger partial charge in [-0.05, 0) is 55.2 Å². The van der Waals surface area contributed by atoms with E-state index in [2.05, 4.69) is 30.7 Å². The van der Waals surface area contributed by atoms with Gasteiger partial charge in [0.05, 0.1) is 5.41 Å². The highest BCUT2D eigenvalue weighted by Crippen LogP contribution is 2.52. The monoisotopic (exact) mass is 409 g/mol. The summed E-state index contributed by atoms with van der Waals surface area (Å²) in [5.41, 5.74) is 1.68. The lowest BCUT2D eigenvalue weighted by atomic mass is 9.94. The average molecular weight is 410 g/mol. The topological polar surface area (TPSA) is 47.6 Å². The summed E-state index contributed by atoms with van der Waals surface area (Å²) in [6.45, 7) is 1.96. The number of alkyl halides is 2. The third-order valence-electron chi connectivity index (χ3n) is 4.57. The van der Waals surface area contributed by atoms with E-state index in [1.54, 1.807) is 6.07 Å². The van der Waals surface area contributed by atoms with Gasteiger partial charge in [-0.15, -0.1) is 8.78 Å². The molecular weight excluding hydrogens is 396 g/mol. The van der Waals surface area contributed by atoms with Crippen molar-refractivity contribution in [2.45, 2.75) is 31.5 Å². The number of hydrogen-bond donors (Lipinski definition) is 1. The zero-order chi connectivity index (χ0) is 17.8. The Labute approximate surface area is 151 Å². The van der Waals surface area contributed by atoms with Crippen molar-refractivity contribution in [3.05, 3.63) is 52.0 Å². The van der Waals surface area contributed by atoms with Crippen molar-refractivity contribution in [1.29, 1.82) is 0 Å². The number of ether oxygens (including phenoxy) is 2. The van der Waals surface area contributed by atoms with E-state index in [1.807, 2.05) is 25.1 Å². The normalized spacial score (nSPS) is 18.7. The van der Waals surface area contributed by atoms with Gasteiger partial charge in [0.2, 0.25) is 5.91 Å². The zero-order valence-corrected chi connectivity index (χ0v) is 14.8. The molecule has 0 atom stereocenters. The molecule has 0 bridgehead atoms. The van der Waals surface area contributed by atoms with Crippen LogP contribution in [-0.4, -0.2) is 12.2 Å². The first-order valence-corrected chi connectivity index (χ1v) is 8.56. The van der Waals surface area contributed by atoms with Gasteiger partial charge in [-0.25, -0.2) is 0 Å². The van der Waals surface area contributed by atoms with Crippen molar-refractivity contribution < 1.29 is 23.0 Å². The Morgan fingerprint density at radius 3 is 2.52 bits per heavy atom. The van der Waals surface area contributed by atoms with Crippen molar-refractivity contribution in [3.63, 3.8) is 0 Å². The lowest BCUT2D eigenvalue weighted by Crippen LogP contribution is -2.28. The Balaban J connectivity index is 1.58. The molecule has 4 nitrogen and oxygen atoms in total. The van der Waals surface area contributed by atoms with Crippen LogP contribution in [0.2, 0.25) is 0 Å². The molecular formula is C18H14BrF2NO3. The quantitative estimate of drug-likeness (QED) is 0.795. The van der Waals surface area contributed by atoms with Crippen molar-refractivity contribution in [2.24, 2.45) is 0 Å². The molecule has 1 aliphatic heterocycles. The number of benzene rings is 2. The summed E-state index contributed by atoms with van der Waals surface area (Å²) in [7, 11) is 0. The first-order chi connectivity index (χ1) is 11.8. The highest BCUT2D eigenvalue weighted by Gasteiger charge is 2.52. The van der Waals surface area contributed by atoms with Gasteiger partial charge >= 0.3 is 6.29 Å². The average Bonchev–Trinajstić information content (AvgIpc) is 3.28. The number of fused-ring (bicyclic) bond motifs is 1. The first-order valence-electron chi connectivity index (χ1n) is 7.77. The summed E-state index contributed by atoms with van der Waals surface area (Å²) >= 11 is 3.44. The second kappa shape index (κ2) is 5.42. The number of hydrogen-bond acceptors (Lipinski definition) is 3. The molecule has 1 aliphatic carbocycles. The van der Waals surface area contributed by atoms with E-state index in [0.29, 0.717) is 24.1 Å². The SMILES string of the molecule is Cc1ccc(NC(=O)C2(c3ccc4c(c3)OC(F)(F)O4)CC2)cc1Br. The Morgan fingerprint density at radius 1 is 1.12 bits per heavy atom. The van der Waals surface area contributed by atoms with Gasteiger partial charge in [0.15, 0.2) is 11.5 Å². The maximum atomic E-state index is 13.2. The fourth-order valence-electron chi connectivity index (χ4n) is 2.94. The molecule has 0 radical (unpaired) electrons. The Morgan fingerprint density at radius 2 is 1.84 bits per heavy atom. The summed E-state index contributed by atoms with van der Waals surface area (Å²) in [4.78, 5) is 12.8. The van der Waals surface area contributed by atoms with Crippen molar-refractivity contribution in [1.82, 2.24) is 0 Å². The third-order valence-corrected chi connectivity index (χ3v) is 5.42. The number of aryl methyl sites for hydroxylation is 1. The molecule has 0 aromatic heterocycles. The van der Waals surface area contributed by atoms with Crippen LogP contribution in [0.5, 0.6) is 11.5 Å². The number of carbonyl (C=O) groups is 1. The predicted molar refractivity (Wildman–Crippen MR) is 91.1 cm³/mol. The van der Waals surface area contributed by atoms with E-state index in [0.717, 1.165) is 10.0 Å². The molecule has 130 valence electrons. The van der Waals surface area contributed by atoms with Gasteiger partial charge in [0.25, 0.3) is 0 Å². The van der Waals surface area contributed by atoms with Gasteiger partial charge in [-0.1, -0.05) is 28.1 Å². The van der Waals surface area contributed by atoms with Crippen LogP contribution in [0.25, 0.3) is 0 Å². The van der Waals surface area contributed by atoms with E-state index in [-0.39, 0.29) is 17.4 Å². The van der Waals surface area contributed by atoms with Gasteiger partial charge in [0.1, 0.15) is 0 Å². The maximum absolute atomic E-state index is 13.2. The summed E-state index contributed by atoms with van der Waals surface area (Å²) in [5, 5.41) is 2.91. The molecule has 2 aliphatic rings. The summed E-state index contributed by atoms with van der Waals surface area (Å²) < 4.78 is 36.1. The molecule has 4 rings (SSSR count). The number of amides is 1. The van der Waals surface area contributed by atoms with E-state index >= 15 is 0 Å². The van der Waals surface area contributed by atoms with Gasteiger partial charge in [0, 0.05) is 10.2 Å². The van der Waals surface area contributed by atoms with Crippen LogP contribution in [0.3, 0.4) is 0 Å². The van der Waals surface area contributed by atoms with Gasteiger partial charge in [-0.3, -0.25) is 4.79 Å². The number of anilines is 1. The number of halogens is 3. The maximum Gasteiger partial charge on any atom is 0.586 e. The number of carbonyl (C=O) groups excluding carboxylic acids is 1. The molecule has 25 heavy (non-hydrogen) atoms. The van der Waals surface area contributed by atoms with E-state index < -0.39 is 11.7 Å². The van der Waals surface area contributed by atoms with Crippen LogP contribution in [0, 0.1) is 6.92 Å². The molecule has 1 fully saturated rings. The number of rotatable bonds is 3. The van der Waals surface area contributed by atoms with Gasteiger partial charge in [-0.2, -0.15) is 0 Å². The molecule has 0 spiro atoms. The van der Waals surface area contributed by atoms with Crippen molar-refractivity contribution in [3.8, 4) is 11.5 Å². The van der Waals surface area contributed by atoms with E-state index in [1.165, 1.54) is 12.1 Å². The van der Waals surface area contributed by atoms with Crippen molar-refractivity contribution >= 4 is 27.5 Å². The largest absolute Gasteiger partial charge is 0.586 e. The smallest absolute Gasteiger partial charge is 0.395 e. The first kappa shape index (κ1) is 16.3. The van der Waals surface area contributed by atoms with Crippen LogP contribution in [0.4, 0.5) is 14.5 Å². The van der Waals surface area contributed by atoms with E-state index in [9.17, 15) is 13.6 Å². The second-order valence-electron chi connectivity index (χ2n) is 6.33. The van der Waals surface area contributed by atoms with Crippen molar-refractivity contribution in [2.75, 3.05) is 5.32 Å². The highest BCUT2D eigenvalue weighted by atomic mass is 79.9. The lowest BCUT2D eigenvalue weighted by Gasteiger charge is -2.16. The fraction of sp³-hybridized carbons (Fsp3) is 0.278. The molecule has 7 heteroatoms. The Bertz CT molecular complexity index is 881. The number of nitrogens with one attached hydrogen (secondary N) is 1. The van der Waals surface area contributed by atoms with Crippen LogP contribution >= 0.6 is 15.9 Å². The summed E-state index contributed by atoms with van der Waals surface area (Å²) in [5.74, 6) is -0.221. The van der Waals surface area contributed by atoms with Crippen LogP contribution in [-0.2, 0) is 10.2 Å². The van der Waals surface area contributed by atoms with Crippen LogP contribution in [0.1, 0.15) is 24.0 Å². The van der Waals surface area contributed by atoms with Gasteiger partial charge < -0.3 is 14.8 Å². The zero-order valence-electron chi connectivity index (χ0n) is 13.2. The summed E-state index contributed by atoms with van der Waals surface area (Å²) in [6, 6.07) is 10.1. The summed E-state index contributed by atoms with van der Waals surface area (Å²) in [6.07, 6.45) is -2.35. The minimum absolute atomic E-state index is 0.0209. The fourth-order valence-corrected chi connectivity index (χ4v) is 3.32. The molecule has 2 aromatic carbocycles. The molecule has 1 N–H and O–H groups in total. The molecule has 0 unspecified atom stereocenters. The minimum Gasteiger partial charge on any atom is -0.395 e. The molecule has 1 saturated carbocycles. The van der Waals surface area contributed by atoms with Crippen LogP contribution in [0.15, 0.2) is 40.9 Å². The van der Waals surface area contributed by atoms with E-state index in [4.69, 9.17) is 0 Å². The molecule has 2 aromatic rings. The third kappa shape index (κ3) is 2.86. The molecule has 1 amide bonds. The highest BCUT2D eigenvalue weighted by molar-refractivity contribution is 9.10. The van der Waals surface area contributed by atoms with Crippen LogP contribution < -0.4 is 14.8 Å².